The van der Waals surface area contributed by atoms with Crippen molar-refractivity contribution in [3.63, 3.8) is 0 Å². The van der Waals surface area contributed by atoms with Crippen LogP contribution in [0.2, 0.25) is 0 Å². The number of carbonyl (C=O) groups excluding carboxylic acids is 3. The second kappa shape index (κ2) is 12.0. The molecule has 2 aliphatic heterocycles. The first kappa shape index (κ1) is 27.6. The van der Waals surface area contributed by atoms with Crippen molar-refractivity contribution in [2.24, 2.45) is 0 Å². The molecule has 0 radical (unpaired) electrons. The zero-order chi connectivity index (χ0) is 28.2. The average Bonchev–Trinajstić information content (AvgIpc) is 3.14. The summed E-state index contributed by atoms with van der Waals surface area (Å²) in [7, 11) is 0. The number of hydrogen-bond donors (Lipinski definition) is 1. The predicted octanol–water partition coefficient (Wildman–Crippen LogP) is 4.09. The Morgan fingerprint density at radius 2 is 2.02 bits per heavy atom. The number of aryl methyl sites for hydroxylation is 1. The van der Waals surface area contributed by atoms with Gasteiger partial charge in [-0.3, -0.25) is 9.59 Å². The van der Waals surface area contributed by atoms with Crippen molar-refractivity contribution in [2.75, 3.05) is 26.3 Å². The Morgan fingerprint density at radius 3 is 2.83 bits per heavy atom. The Labute approximate surface area is 232 Å². The largest absolute Gasteiger partial charge is 0.488 e. The summed E-state index contributed by atoms with van der Waals surface area (Å²) in [5.41, 5.74) is 4.18. The summed E-state index contributed by atoms with van der Waals surface area (Å²) in [6.45, 7) is 3.25. The molecule has 0 aromatic heterocycles. The number of nitrogens with zero attached hydrogens (tertiary/aromatic N) is 2. The Balaban J connectivity index is 1.27. The van der Waals surface area contributed by atoms with Gasteiger partial charge in [0.1, 0.15) is 24.2 Å². The highest BCUT2D eigenvalue weighted by Gasteiger charge is 2.31. The van der Waals surface area contributed by atoms with Crippen molar-refractivity contribution in [3.05, 3.63) is 52.3 Å². The van der Waals surface area contributed by atoms with Gasteiger partial charge in [-0.25, -0.2) is 9.18 Å². The number of ether oxygens (including phenoxy) is 3. The summed E-state index contributed by atoms with van der Waals surface area (Å²) in [4.78, 5) is 39.0. The summed E-state index contributed by atoms with van der Waals surface area (Å²) in [5, 5.41) is 12.4. The van der Waals surface area contributed by atoms with Crippen LogP contribution in [-0.2, 0) is 33.7 Å². The Hall–Kier alpha value is -3.97. The van der Waals surface area contributed by atoms with E-state index in [1.54, 1.807) is 6.07 Å². The van der Waals surface area contributed by atoms with Crippen molar-refractivity contribution in [1.82, 2.24) is 10.2 Å². The van der Waals surface area contributed by atoms with Gasteiger partial charge in [0, 0.05) is 37.1 Å². The van der Waals surface area contributed by atoms with Crippen LogP contribution in [0, 0.1) is 17.1 Å². The number of amides is 2. The fraction of sp³-hybridized carbons (Fsp3) is 0.467. The lowest BCUT2D eigenvalue weighted by atomic mass is 9.91. The maximum absolute atomic E-state index is 15.3. The Bertz CT molecular complexity index is 1370. The van der Waals surface area contributed by atoms with E-state index in [4.69, 9.17) is 14.2 Å². The summed E-state index contributed by atoms with van der Waals surface area (Å²) in [6.07, 6.45) is 1.80. The molecule has 2 aromatic rings. The molecule has 2 aromatic carbocycles. The van der Waals surface area contributed by atoms with Gasteiger partial charge in [-0.1, -0.05) is 13.3 Å². The molecule has 0 saturated carbocycles. The molecular formula is C30H32FN3O6. The van der Waals surface area contributed by atoms with E-state index in [-0.39, 0.29) is 37.5 Å². The van der Waals surface area contributed by atoms with Gasteiger partial charge in [-0.05, 0) is 65.8 Å². The van der Waals surface area contributed by atoms with E-state index < -0.39 is 30.0 Å². The minimum atomic E-state index is -1.03. The number of fused-ring (bicyclic) bond motifs is 4. The minimum absolute atomic E-state index is 0.00466. The molecular weight excluding hydrogens is 517 g/mol. The summed E-state index contributed by atoms with van der Waals surface area (Å²) < 4.78 is 32.1. The lowest BCUT2D eigenvalue weighted by Crippen LogP contribution is -2.48. The molecule has 0 unspecified atom stereocenters. The highest BCUT2D eigenvalue weighted by molar-refractivity contribution is 6.01. The maximum Gasteiger partial charge on any atom is 0.409 e. The maximum atomic E-state index is 15.3. The van der Waals surface area contributed by atoms with Gasteiger partial charge in [-0.15, -0.1) is 0 Å². The van der Waals surface area contributed by atoms with Gasteiger partial charge < -0.3 is 24.4 Å². The quantitative estimate of drug-likeness (QED) is 0.517. The molecule has 9 nitrogen and oxygen atoms in total. The number of benzene rings is 2. The zero-order valence-corrected chi connectivity index (χ0v) is 22.5. The van der Waals surface area contributed by atoms with Crippen LogP contribution < -0.4 is 10.1 Å². The second-order valence-corrected chi connectivity index (χ2v) is 10.3. The van der Waals surface area contributed by atoms with E-state index >= 15 is 4.39 Å². The number of halogens is 1. The zero-order valence-electron chi connectivity index (χ0n) is 22.5. The molecule has 1 N–H and O–H groups in total. The van der Waals surface area contributed by atoms with Crippen LogP contribution in [0.1, 0.15) is 59.7 Å². The van der Waals surface area contributed by atoms with Crippen LogP contribution in [0.4, 0.5) is 9.18 Å². The average molecular weight is 550 g/mol. The van der Waals surface area contributed by atoms with Gasteiger partial charge in [0.05, 0.1) is 19.2 Å². The topological polar surface area (TPSA) is 118 Å². The van der Waals surface area contributed by atoms with Crippen molar-refractivity contribution in [3.8, 4) is 22.9 Å². The monoisotopic (exact) mass is 549 g/mol. The lowest BCUT2D eigenvalue weighted by molar-refractivity contribution is -0.133. The van der Waals surface area contributed by atoms with Crippen molar-refractivity contribution < 1.29 is 33.0 Å². The number of nitriles is 1. The van der Waals surface area contributed by atoms with E-state index in [1.165, 1.54) is 11.0 Å². The smallest absolute Gasteiger partial charge is 0.409 e. The summed E-state index contributed by atoms with van der Waals surface area (Å²) >= 11 is 0. The summed E-state index contributed by atoms with van der Waals surface area (Å²) in [6, 6.07) is 7.75. The molecule has 2 amide bonds. The minimum Gasteiger partial charge on any atom is -0.488 e. The molecule has 40 heavy (non-hydrogen) atoms. The van der Waals surface area contributed by atoms with Crippen LogP contribution >= 0.6 is 0 Å². The molecule has 210 valence electrons. The van der Waals surface area contributed by atoms with Crippen LogP contribution in [-0.4, -0.2) is 61.1 Å². The van der Waals surface area contributed by atoms with E-state index in [0.717, 1.165) is 29.5 Å². The van der Waals surface area contributed by atoms with Crippen LogP contribution in [0.15, 0.2) is 24.3 Å². The van der Waals surface area contributed by atoms with E-state index in [1.807, 2.05) is 25.1 Å². The number of ketones is 1. The fourth-order valence-corrected chi connectivity index (χ4v) is 5.30. The Kier molecular flexibility index (Phi) is 8.31. The normalized spacial score (nSPS) is 18.4. The van der Waals surface area contributed by atoms with Gasteiger partial charge in [0.2, 0.25) is 0 Å². The fourth-order valence-electron chi connectivity index (χ4n) is 5.30. The molecule has 5 rings (SSSR count). The van der Waals surface area contributed by atoms with Crippen LogP contribution in [0.5, 0.6) is 5.75 Å². The third-order valence-electron chi connectivity index (χ3n) is 7.52. The standard InChI is InChI=1S/C30H32FN3O6/c1-2-3-8-39-30(37)34-7-4-9-38-28(16-34)29(36)33-21(15-32)10-19-13-27-24(14-25(19)31)22-11-18-5-6-26(35)23(18)12-20(22)17-40-27/h11-14,21,28H,2-10,16-17H2,1H3,(H,33,36)/t21-,28-/m0/s1. The number of unbranched alkanes of at least 4 members (excludes halogenated alkanes) is 1. The van der Waals surface area contributed by atoms with Crippen molar-refractivity contribution in [2.45, 2.75) is 64.2 Å². The third-order valence-corrected chi connectivity index (χ3v) is 7.52. The highest BCUT2D eigenvalue weighted by atomic mass is 19.1. The first-order valence-electron chi connectivity index (χ1n) is 13.8. The number of nitrogens with one attached hydrogen (secondary N) is 1. The van der Waals surface area contributed by atoms with Crippen molar-refractivity contribution in [1.29, 1.82) is 5.26 Å². The molecule has 0 bridgehead atoms. The highest BCUT2D eigenvalue weighted by Crippen LogP contribution is 2.41. The lowest BCUT2D eigenvalue weighted by Gasteiger charge is -2.24. The molecule has 3 aliphatic rings. The molecule has 2 atom stereocenters. The molecule has 1 saturated heterocycles. The first-order chi connectivity index (χ1) is 19.4. The number of hydrogen-bond acceptors (Lipinski definition) is 7. The second-order valence-electron chi connectivity index (χ2n) is 10.3. The third kappa shape index (κ3) is 5.80. The molecule has 10 heteroatoms. The van der Waals surface area contributed by atoms with Gasteiger partial charge in [-0.2, -0.15) is 5.26 Å². The summed E-state index contributed by atoms with van der Waals surface area (Å²) in [5.74, 6) is -0.469. The predicted molar refractivity (Wildman–Crippen MR) is 142 cm³/mol. The molecule has 1 aliphatic carbocycles. The number of rotatable bonds is 7. The van der Waals surface area contributed by atoms with E-state index in [0.29, 0.717) is 49.3 Å². The van der Waals surface area contributed by atoms with Crippen molar-refractivity contribution >= 4 is 17.8 Å². The van der Waals surface area contributed by atoms with Gasteiger partial charge in [0.25, 0.3) is 5.91 Å². The van der Waals surface area contributed by atoms with Crippen LogP contribution in [0.25, 0.3) is 11.1 Å². The number of carbonyl (C=O) groups is 3. The van der Waals surface area contributed by atoms with Crippen LogP contribution in [0.3, 0.4) is 0 Å². The molecule has 2 heterocycles. The number of Topliss-reactive ketones (excluding diaryl/α,β-unsaturated/α-hetero) is 1. The molecule has 1 fully saturated rings. The molecule has 0 spiro atoms. The van der Waals surface area contributed by atoms with E-state index in [2.05, 4.69) is 5.32 Å². The van der Waals surface area contributed by atoms with Gasteiger partial charge >= 0.3 is 6.09 Å². The Morgan fingerprint density at radius 1 is 1.20 bits per heavy atom. The SMILES string of the molecule is CCCCOC(=O)N1CCCO[C@H](C(=O)N[C@H](C#N)Cc2cc3c(cc2F)-c2cc4c(cc2CO3)C(=O)CC4)C1. The first-order valence-corrected chi connectivity index (χ1v) is 13.8. The van der Waals surface area contributed by atoms with E-state index in [9.17, 15) is 19.6 Å². The van der Waals surface area contributed by atoms with Gasteiger partial charge in [0.15, 0.2) is 11.9 Å².